The third-order valence-corrected chi connectivity index (χ3v) is 3.69. The number of aryl methyl sites for hydroxylation is 1. The smallest absolute Gasteiger partial charge is 0.355 e. The Labute approximate surface area is 113 Å². The molecular formula is C12H14F3N5. The van der Waals surface area contributed by atoms with E-state index in [1.54, 1.807) is 22.8 Å². The number of piperidine rings is 1. The lowest BCUT2D eigenvalue weighted by molar-refractivity contribution is -0.176. The molecule has 0 aliphatic carbocycles. The van der Waals surface area contributed by atoms with Gasteiger partial charge in [0.15, 0.2) is 5.65 Å². The second kappa shape index (κ2) is 4.60. The molecule has 1 aliphatic rings. The van der Waals surface area contributed by atoms with E-state index >= 15 is 0 Å². The monoisotopic (exact) mass is 285 g/mol. The summed E-state index contributed by atoms with van der Waals surface area (Å²) in [5.74, 6) is -0.755. The second-order valence-corrected chi connectivity index (χ2v) is 5.03. The van der Waals surface area contributed by atoms with Crippen LogP contribution in [0.3, 0.4) is 0 Å². The minimum absolute atomic E-state index is 0.0511. The number of halogens is 3. The summed E-state index contributed by atoms with van der Waals surface area (Å²) in [5.41, 5.74) is 0.629. The van der Waals surface area contributed by atoms with Crippen molar-refractivity contribution in [3.8, 4) is 0 Å². The van der Waals surface area contributed by atoms with Crippen LogP contribution in [-0.4, -0.2) is 39.0 Å². The molecule has 3 rings (SSSR count). The zero-order chi connectivity index (χ0) is 14.3. The van der Waals surface area contributed by atoms with Gasteiger partial charge in [-0.1, -0.05) is 0 Å². The largest absolute Gasteiger partial charge is 0.393 e. The SMILES string of the molecule is Cn1ncc2c(N3CCC[C@H](C(F)(F)F)C3)ncnc21. The highest BCUT2D eigenvalue weighted by Crippen LogP contribution is 2.35. The Hall–Kier alpha value is -1.86. The normalized spacial score (nSPS) is 20.6. The first-order valence-electron chi connectivity index (χ1n) is 6.41. The van der Waals surface area contributed by atoms with Gasteiger partial charge in [-0.15, -0.1) is 0 Å². The molecule has 1 aliphatic heterocycles. The zero-order valence-electron chi connectivity index (χ0n) is 10.9. The predicted octanol–water partition coefficient (Wildman–Crippen LogP) is 2.14. The van der Waals surface area contributed by atoms with Gasteiger partial charge in [-0.2, -0.15) is 18.3 Å². The Bertz CT molecular complexity index is 621. The van der Waals surface area contributed by atoms with Crippen molar-refractivity contribution in [2.24, 2.45) is 13.0 Å². The number of aromatic nitrogens is 4. The summed E-state index contributed by atoms with van der Waals surface area (Å²) < 4.78 is 40.2. The van der Waals surface area contributed by atoms with Crippen molar-refractivity contribution in [3.63, 3.8) is 0 Å². The van der Waals surface area contributed by atoms with Crippen LogP contribution < -0.4 is 4.90 Å². The number of alkyl halides is 3. The molecule has 0 spiro atoms. The first kappa shape index (κ1) is 13.1. The first-order valence-corrected chi connectivity index (χ1v) is 6.41. The van der Waals surface area contributed by atoms with E-state index in [1.165, 1.54) is 6.33 Å². The summed E-state index contributed by atoms with van der Waals surface area (Å²) >= 11 is 0. The maximum atomic E-state index is 12.9. The van der Waals surface area contributed by atoms with E-state index in [-0.39, 0.29) is 13.0 Å². The van der Waals surface area contributed by atoms with E-state index in [0.29, 0.717) is 29.8 Å². The van der Waals surface area contributed by atoms with Gasteiger partial charge >= 0.3 is 6.18 Å². The predicted molar refractivity (Wildman–Crippen MR) is 67.3 cm³/mol. The summed E-state index contributed by atoms with van der Waals surface area (Å²) in [7, 11) is 1.74. The Kier molecular flexibility index (Phi) is 3.02. The molecule has 0 bridgehead atoms. The molecule has 2 aromatic rings. The number of rotatable bonds is 1. The summed E-state index contributed by atoms with van der Waals surface area (Å²) in [6, 6.07) is 0. The van der Waals surface area contributed by atoms with Crippen molar-refractivity contribution in [2.75, 3.05) is 18.0 Å². The van der Waals surface area contributed by atoms with Crippen LogP contribution in [0.1, 0.15) is 12.8 Å². The van der Waals surface area contributed by atoms with Gasteiger partial charge in [0.05, 0.1) is 17.5 Å². The van der Waals surface area contributed by atoms with E-state index < -0.39 is 12.1 Å². The lowest BCUT2D eigenvalue weighted by Gasteiger charge is -2.34. The minimum atomic E-state index is -4.15. The number of hydrogen-bond donors (Lipinski definition) is 0. The van der Waals surface area contributed by atoms with E-state index in [4.69, 9.17) is 0 Å². The summed E-state index contributed by atoms with van der Waals surface area (Å²) in [4.78, 5) is 9.95. The van der Waals surface area contributed by atoms with Crippen LogP contribution in [0.5, 0.6) is 0 Å². The highest BCUT2D eigenvalue weighted by Gasteiger charge is 2.42. The van der Waals surface area contributed by atoms with Gasteiger partial charge in [-0.3, -0.25) is 4.68 Å². The average Bonchev–Trinajstić information content (AvgIpc) is 2.80. The zero-order valence-corrected chi connectivity index (χ0v) is 10.9. The molecule has 8 heteroatoms. The van der Waals surface area contributed by atoms with E-state index in [0.717, 1.165) is 0 Å². The van der Waals surface area contributed by atoms with Gasteiger partial charge in [0.25, 0.3) is 0 Å². The van der Waals surface area contributed by atoms with E-state index in [2.05, 4.69) is 15.1 Å². The fourth-order valence-electron chi connectivity index (χ4n) is 2.64. The number of nitrogens with zero attached hydrogens (tertiary/aromatic N) is 5. The Balaban J connectivity index is 1.95. The summed E-state index contributed by atoms with van der Waals surface area (Å²) in [6.07, 6.45) is -0.491. The lowest BCUT2D eigenvalue weighted by atomic mass is 9.97. The Morgan fingerprint density at radius 2 is 2.10 bits per heavy atom. The summed E-state index contributed by atoms with van der Waals surface area (Å²) in [5, 5.41) is 4.78. The molecule has 0 radical (unpaired) electrons. The van der Waals surface area contributed by atoms with Crippen molar-refractivity contribution in [1.82, 2.24) is 19.7 Å². The molecular weight excluding hydrogens is 271 g/mol. The maximum absolute atomic E-state index is 12.9. The maximum Gasteiger partial charge on any atom is 0.393 e. The van der Waals surface area contributed by atoms with Crippen LogP contribution in [-0.2, 0) is 7.05 Å². The van der Waals surface area contributed by atoms with Gasteiger partial charge in [0.1, 0.15) is 12.1 Å². The molecule has 5 nitrogen and oxygen atoms in total. The molecule has 0 saturated carbocycles. The van der Waals surface area contributed by atoms with Crippen molar-refractivity contribution in [2.45, 2.75) is 19.0 Å². The van der Waals surface area contributed by atoms with Crippen molar-refractivity contribution in [3.05, 3.63) is 12.5 Å². The molecule has 1 atom stereocenters. The average molecular weight is 285 g/mol. The van der Waals surface area contributed by atoms with Crippen LogP contribution in [0.15, 0.2) is 12.5 Å². The van der Waals surface area contributed by atoms with Gasteiger partial charge in [-0.25, -0.2) is 9.97 Å². The number of anilines is 1. The Morgan fingerprint density at radius 3 is 2.85 bits per heavy atom. The van der Waals surface area contributed by atoms with Crippen LogP contribution >= 0.6 is 0 Å². The molecule has 1 saturated heterocycles. The van der Waals surface area contributed by atoms with Gasteiger partial charge in [0.2, 0.25) is 0 Å². The van der Waals surface area contributed by atoms with E-state index in [9.17, 15) is 13.2 Å². The molecule has 108 valence electrons. The fourth-order valence-corrected chi connectivity index (χ4v) is 2.64. The molecule has 3 heterocycles. The minimum Gasteiger partial charge on any atom is -0.355 e. The lowest BCUT2D eigenvalue weighted by Crippen LogP contribution is -2.42. The van der Waals surface area contributed by atoms with Gasteiger partial charge in [0, 0.05) is 20.1 Å². The highest BCUT2D eigenvalue weighted by atomic mass is 19.4. The molecule has 2 aromatic heterocycles. The third-order valence-electron chi connectivity index (χ3n) is 3.69. The van der Waals surface area contributed by atoms with Crippen LogP contribution in [0.2, 0.25) is 0 Å². The molecule has 0 N–H and O–H groups in total. The number of fused-ring (bicyclic) bond motifs is 1. The third kappa shape index (κ3) is 2.19. The van der Waals surface area contributed by atoms with Crippen molar-refractivity contribution in [1.29, 1.82) is 0 Å². The van der Waals surface area contributed by atoms with Gasteiger partial charge < -0.3 is 4.90 Å². The van der Waals surface area contributed by atoms with Crippen molar-refractivity contribution < 1.29 is 13.2 Å². The fraction of sp³-hybridized carbons (Fsp3) is 0.583. The molecule has 20 heavy (non-hydrogen) atoms. The quantitative estimate of drug-likeness (QED) is 0.805. The first-order chi connectivity index (χ1) is 9.47. The van der Waals surface area contributed by atoms with Crippen LogP contribution in [0.4, 0.5) is 19.0 Å². The van der Waals surface area contributed by atoms with Gasteiger partial charge in [-0.05, 0) is 12.8 Å². The molecule has 0 unspecified atom stereocenters. The van der Waals surface area contributed by atoms with Crippen LogP contribution in [0, 0.1) is 5.92 Å². The van der Waals surface area contributed by atoms with Crippen molar-refractivity contribution >= 4 is 16.9 Å². The van der Waals surface area contributed by atoms with E-state index in [1.807, 2.05) is 0 Å². The standard InChI is InChI=1S/C12H14F3N5/c1-19-10-9(5-18-19)11(17-7-16-10)20-4-2-3-8(6-20)12(13,14)15/h5,7-8H,2-4,6H2,1H3/t8-/m0/s1. The summed E-state index contributed by atoms with van der Waals surface area (Å²) in [6.45, 7) is 0.526. The molecule has 1 fully saturated rings. The Morgan fingerprint density at radius 1 is 1.30 bits per heavy atom. The molecule has 0 amide bonds. The molecule has 0 aromatic carbocycles. The van der Waals surface area contributed by atoms with Crippen LogP contribution in [0.25, 0.3) is 11.0 Å². The second-order valence-electron chi connectivity index (χ2n) is 5.03. The topological polar surface area (TPSA) is 46.8 Å². The highest BCUT2D eigenvalue weighted by molar-refractivity contribution is 5.86. The number of hydrogen-bond acceptors (Lipinski definition) is 4.